The van der Waals surface area contributed by atoms with Crippen LogP contribution in [-0.4, -0.2) is 29.5 Å². The first-order valence-electron chi connectivity index (χ1n) is 4.71. The summed E-state index contributed by atoms with van der Waals surface area (Å²) in [5, 5.41) is 2.99. The van der Waals surface area contributed by atoms with Crippen molar-refractivity contribution in [3.8, 4) is 0 Å². The van der Waals surface area contributed by atoms with Gasteiger partial charge in [-0.05, 0) is 25.5 Å². The Hall–Kier alpha value is -0.220. The first-order valence-corrected chi connectivity index (χ1v) is 6.10. The van der Waals surface area contributed by atoms with Crippen molar-refractivity contribution in [2.75, 3.05) is 12.0 Å². The maximum absolute atomic E-state index is 11.5. The molecule has 1 unspecified atom stereocenters. The second-order valence-electron chi connectivity index (χ2n) is 3.69. The van der Waals surface area contributed by atoms with Crippen molar-refractivity contribution in [1.29, 1.82) is 0 Å². The van der Waals surface area contributed by atoms with Gasteiger partial charge in [-0.1, -0.05) is 6.92 Å². The highest BCUT2D eigenvalue weighted by Crippen LogP contribution is 2.32. The Morgan fingerprint density at radius 1 is 1.69 bits per heavy atom. The van der Waals surface area contributed by atoms with Crippen molar-refractivity contribution in [2.24, 2.45) is 5.73 Å². The average Bonchev–Trinajstić information content (AvgIpc) is 2.84. The largest absolute Gasteiger partial charge is 0.351 e. The van der Waals surface area contributed by atoms with E-state index in [1.54, 1.807) is 11.8 Å². The topological polar surface area (TPSA) is 55.1 Å². The second kappa shape index (κ2) is 4.33. The number of carbonyl (C=O) groups is 1. The van der Waals surface area contributed by atoms with Crippen LogP contribution in [0.25, 0.3) is 0 Å². The molecule has 0 heterocycles. The van der Waals surface area contributed by atoms with E-state index in [1.807, 2.05) is 6.26 Å². The molecule has 1 fully saturated rings. The maximum Gasteiger partial charge on any atom is 0.240 e. The number of thioether (sulfide) groups is 1. The lowest BCUT2D eigenvalue weighted by Gasteiger charge is -2.18. The molecule has 4 heteroatoms. The third kappa shape index (κ3) is 2.88. The summed E-state index contributed by atoms with van der Waals surface area (Å²) in [5.41, 5.74) is 5.25. The van der Waals surface area contributed by atoms with Gasteiger partial charge >= 0.3 is 0 Å². The van der Waals surface area contributed by atoms with Crippen LogP contribution in [0.1, 0.15) is 26.2 Å². The van der Waals surface area contributed by atoms with E-state index in [1.165, 1.54) is 0 Å². The number of amides is 1. The lowest BCUT2D eigenvalue weighted by Crippen LogP contribution is -2.47. The first kappa shape index (κ1) is 10.9. The van der Waals surface area contributed by atoms with E-state index >= 15 is 0 Å². The van der Waals surface area contributed by atoms with E-state index in [2.05, 4.69) is 12.2 Å². The smallest absolute Gasteiger partial charge is 0.240 e. The molecule has 13 heavy (non-hydrogen) atoms. The number of carbonyl (C=O) groups excluding carboxylic acids is 1. The molecule has 0 radical (unpaired) electrons. The predicted molar refractivity (Wildman–Crippen MR) is 56.8 cm³/mol. The standard InChI is InChI=1S/C9H18N2OS/c1-3-7(6-13-2)11-8(12)9(10)4-5-9/h7H,3-6,10H2,1-2H3,(H,11,12). The van der Waals surface area contributed by atoms with Gasteiger partial charge in [-0.3, -0.25) is 4.79 Å². The van der Waals surface area contributed by atoms with Gasteiger partial charge < -0.3 is 11.1 Å². The molecule has 0 aromatic carbocycles. The van der Waals surface area contributed by atoms with Gasteiger partial charge in [0.25, 0.3) is 0 Å². The van der Waals surface area contributed by atoms with Crippen LogP contribution < -0.4 is 11.1 Å². The number of hydrogen-bond donors (Lipinski definition) is 2. The van der Waals surface area contributed by atoms with Crippen molar-refractivity contribution >= 4 is 17.7 Å². The third-order valence-electron chi connectivity index (χ3n) is 2.44. The third-order valence-corrected chi connectivity index (χ3v) is 3.17. The van der Waals surface area contributed by atoms with Crippen LogP contribution in [0.4, 0.5) is 0 Å². The van der Waals surface area contributed by atoms with Gasteiger partial charge in [-0.15, -0.1) is 0 Å². The molecule has 0 bridgehead atoms. The number of rotatable bonds is 5. The Kier molecular flexibility index (Phi) is 3.62. The van der Waals surface area contributed by atoms with Gasteiger partial charge in [0, 0.05) is 11.8 Å². The fourth-order valence-electron chi connectivity index (χ4n) is 1.15. The number of nitrogens with one attached hydrogen (secondary N) is 1. The summed E-state index contributed by atoms with van der Waals surface area (Å²) in [4.78, 5) is 11.5. The quantitative estimate of drug-likeness (QED) is 0.691. The van der Waals surface area contributed by atoms with Crippen LogP contribution in [0, 0.1) is 0 Å². The molecule has 1 saturated carbocycles. The molecule has 76 valence electrons. The van der Waals surface area contributed by atoms with Gasteiger partial charge in [0.05, 0.1) is 5.54 Å². The number of nitrogens with two attached hydrogens (primary N) is 1. The van der Waals surface area contributed by atoms with E-state index in [4.69, 9.17) is 5.73 Å². The van der Waals surface area contributed by atoms with Crippen LogP contribution in [0.5, 0.6) is 0 Å². The zero-order valence-electron chi connectivity index (χ0n) is 8.30. The summed E-state index contributed by atoms with van der Waals surface area (Å²) in [6.07, 6.45) is 4.70. The highest BCUT2D eigenvalue weighted by atomic mass is 32.2. The molecule has 1 amide bonds. The van der Waals surface area contributed by atoms with Crippen LogP contribution in [0.2, 0.25) is 0 Å². The van der Waals surface area contributed by atoms with E-state index < -0.39 is 5.54 Å². The molecule has 1 aliphatic carbocycles. The molecule has 1 atom stereocenters. The first-order chi connectivity index (χ1) is 6.12. The molecule has 0 aliphatic heterocycles. The van der Waals surface area contributed by atoms with Crippen molar-refractivity contribution in [2.45, 2.75) is 37.8 Å². The summed E-state index contributed by atoms with van der Waals surface area (Å²) >= 11 is 1.75. The van der Waals surface area contributed by atoms with Crippen LogP contribution in [-0.2, 0) is 4.79 Å². The lowest BCUT2D eigenvalue weighted by atomic mass is 10.2. The minimum absolute atomic E-state index is 0.0356. The van der Waals surface area contributed by atoms with Gasteiger partial charge in [-0.2, -0.15) is 11.8 Å². The highest BCUT2D eigenvalue weighted by molar-refractivity contribution is 7.98. The Labute approximate surface area is 83.8 Å². The molecule has 3 N–H and O–H groups in total. The Morgan fingerprint density at radius 3 is 2.69 bits per heavy atom. The minimum atomic E-state index is -0.522. The van der Waals surface area contributed by atoms with E-state index in [9.17, 15) is 4.79 Å². The normalized spacial score (nSPS) is 20.8. The lowest BCUT2D eigenvalue weighted by molar-refractivity contribution is -0.123. The van der Waals surface area contributed by atoms with Gasteiger partial charge in [0.2, 0.25) is 5.91 Å². The molecule has 0 spiro atoms. The minimum Gasteiger partial charge on any atom is -0.351 e. The second-order valence-corrected chi connectivity index (χ2v) is 4.60. The monoisotopic (exact) mass is 202 g/mol. The van der Waals surface area contributed by atoms with Crippen molar-refractivity contribution in [3.63, 3.8) is 0 Å². The van der Waals surface area contributed by atoms with Crippen LogP contribution >= 0.6 is 11.8 Å². The molecule has 1 aliphatic rings. The SMILES string of the molecule is CCC(CSC)NC(=O)C1(N)CC1. The van der Waals surface area contributed by atoms with E-state index in [-0.39, 0.29) is 11.9 Å². The molecule has 0 aromatic heterocycles. The zero-order chi connectivity index (χ0) is 9.90. The van der Waals surface area contributed by atoms with Crippen molar-refractivity contribution < 1.29 is 4.79 Å². The van der Waals surface area contributed by atoms with Crippen molar-refractivity contribution in [1.82, 2.24) is 5.32 Å². The van der Waals surface area contributed by atoms with E-state index in [0.717, 1.165) is 25.0 Å². The Balaban J connectivity index is 2.32. The molecule has 0 aromatic rings. The van der Waals surface area contributed by atoms with Gasteiger partial charge in [-0.25, -0.2) is 0 Å². The number of hydrogen-bond acceptors (Lipinski definition) is 3. The Bertz CT molecular complexity index is 192. The van der Waals surface area contributed by atoms with Crippen LogP contribution in [0.15, 0.2) is 0 Å². The fourth-order valence-corrected chi connectivity index (χ4v) is 1.88. The average molecular weight is 202 g/mol. The molecule has 0 saturated heterocycles. The predicted octanol–water partition coefficient (Wildman–Crippen LogP) is 0.735. The summed E-state index contributed by atoms with van der Waals surface area (Å²) < 4.78 is 0. The van der Waals surface area contributed by atoms with Gasteiger partial charge in [0.15, 0.2) is 0 Å². The highest BCUT2D eigenvalue weighted by Gasteiger charge is 2.46. The fraction of sp³-hybridized carbons (Fsp3) is 0.889. The summed E-state index contributed by atoms with van der Waals surface area (Å²) in [7, 11) is 0. The van der Waals surface area contributed by atoms with Crippen molar-refractivity contribution in [3.05, 3.63) is 0 Å². The van der Waals surface area contributed by atoms with Crippen LogP contribution in [0.3, 0.4) is 0 Å². The zero-order valence-corrected chi connectivity index (χ0v) is 9.12. The van der Waals surface area contributed by atoms with Gasteiger partial charge in [0.1, 0.15) is 0 Å². The molecule has 3 nitrogen and oxygen atoms in total. The molecule has 1 rings (SSSR count). The molecular weight excluding hydrogens is 184 g/mol. The molecular formula is C9H18N2OS. The maximum atomic E-state index is 11.5. The van der Waals surface area contributed by atoms with E-state index in [0.29, 0.717) is 0 Å². The summed E-state index contributed by atoms with van der Waals surface area (Å²) in [6, 6.07) is 0.281. The summed E-state index contributed by atoms with van der Waals surface area (Å²) in [6.45, 7) is 2.08. The Morgan fingerprint density at radius 2 is 2.31 bits per heavy atom. The summed E-state index contributed by atoms with van der Waals surface area (Å²) in [5.74, 6) is 1.01.